The Bertz CT molecular complexity index is 730. The monoisotopic (exact) mass is 355 g/mol. The summed E-state index contributed by atoms with van der Waals surface area (Å²) in [6.45, 7) is 0.629. The van der Waals surface area contributed by atoms with Crippen molar-refractivity contribution in [2.24, 2.45) is 0 Å². The van der Waals surface area contributed by atoms with Crippen LogP contribution in [0.5, 0.6) is 0 Å². The first-order valence-electron chi connectivity index (χ1n) is 8.37. The molecule has 0 aromatic heterocycles. The van der Waals surface area contributed by atoms with Crippen LogP contribution in [0.1, 0.15) is 12.0 Å². The molecule has 1 atom stereocenters. The average molecular weight is 355 g/mol. The van der Waals surface area contributed by atoms with Gasteiger partial charge in [-0.1, -0.05) is 54.6 Å². The highest BCUT2D eigenvalue weighted by atomic mass is 32.2. The van der Waals surface area contributed by atoms with Gasteiger partial charge in [-0.2, -0.15) is 11.8 Å². The topological polar surface area (TPSA) is 57.6 Å². The molecule has 2 aromatic carbocycles. The summed E-state index contributed by atoms with van der Waals surface area (Å²) in [6.07, 6.45) is 0.335. The molecule has 1 aliphatic rings. The van der Waals surface area contributed by atoms with E-state index in [4.69, 9.17) is 5.11 Å². The van der Waals surface area contributed by atoms with E-state index in [-0.39, 0.29) is 18.4 Å². The van der Waals surface area contributed by atoms with Crippen LogP contribution in [0.25, 0.3) is 11.1 Å². The van der Waals surface area contributed by atoms with Gasteiger partial charge in [0.05, 0.1) is 18.9 Å². The van der Waals surface area contributed by atoms with Crippen LogP contribution in [-0.4, -0.2) is 46.0 Å². The fourth-order valence-electron chi connectivity index (χ4n) is 3.08. The highest BCUT2D eigenvalue weighted by Crippen LogP contribution is 2.22. The fourth-order valence-corrected chi connectivity index (χ4v) is 4.14. The molecule has 0 spiro atoms. The summed E-state index contributed by atoms with van der Waals surface area (Å²) in [7, 11) is 0. The van der Waals surface area contributed by atoms with Crippen LogP contribution < -0.4 is 0 Å². The molecule has 1 amide bonds. The summed E-state index contributed by atoms with van der Waals surface area (Å²) in [5, 5.41) is 9.05. The van der Waals surface area contributed by atoms with Crippen molar-refractivity contribution in [2.45, 2.75) is 18.9 Å². The van der Waals surface area contributed by atoms with Crippen molar-refractivity contribution >= 4 is 23.6 Å². The van der Waals surface area contributed by atoms with Gasteiger partial charge in [-0.15, -0.1) is 0 Å². The molecule has 0 bridgehead atoms. The van der Waals surface area contributed by atoms with Crippen molar-refractivity contribution in [3.05, 3.63) is 60.2 Å². The Morgan fingerprint density at radius 1 is 1.04 bits per heavy atom. The summed E-state index contributed by atoms with van der Waals surface area (Å²) in [6, 6.07) is 17.9. The van der Waals surface area contributed by atoms with E-state index in [0.29, 0.717) is 18.7 Å². The van der Waals surface area contributed by atoms with Gasteiger partial charge in [-0.05, 0) is 16.7 Å². The van der Waals surface area contributed by atoms with E-state index in [9.17, 15) is 9.59 Å². The Balaban J connectivity index is 1.66. The normalized spacial score (nSPS) is 17.3. The molecule has 1 heterocycles. The number of hydrogen-bond donors (Lipinski definition) is 1. The summed E-state index contributed by atoms with van der Waals surface area (Å²) in [5.41, 5.74) is 3.22. The Hall–Kier alpha value is -2.27. The van der Waals surface area contributed by atoms with Crippen LogP contribution in [0.2, 0.25) is 0 Å². The molecule has 25 heavy (non-hydrogen) atoms. The molecule has 0 saturated carbocycles. The second-order valence-corrected chi connectivity index (χ2v) is 7.30. The van der Waals surface area contributed by atoms with Gasteiger partial charge in [0.1, 0.15) is 0 Å². The Kier molecular flexibility index (Phi) is 5.76. The van der Waals surface area contributed by atoms with Crippen molar-refractivity contribution in [2.75, 3.05) is 18.1 Å². The minimum atomic E-state index is -0.850. The van der Waals surface area contributed by atoms with Gasteiger partial charge in [0.2, 0.25) is 5.91 Å². The molecule has 3 rings (SSSR count). The number of carbonyl (C=O) groups is 2. The highest BCUT2D eigenvalue weighted by Gasteiger charge is 2.28. The third-order valence-electron chi connectivity index (χ3n) is 4.37. The molecule has 130 valence electrons. The SMILES string of the molecule is O=C(O)CC1CSCCN1C(=O)Cc1ccc(-c2ccccc2)cc1. The first-order valence-corrected chi connectivity index (χ1v) is 9.52. The quantitative estimate of drug-likeness (QED) is 0.894. The van der Waals surface area contributed by atoms with Gasteiger partial charge in [0, 0.05) is 18.1 Å². The zero-order valence-corrected chi connectivity index (χ0v) is 14.7. The maximum absolute atomic E-state index is 12.6. The summed E-state index contributed by atoms with van der Waals surface area (Å²) >= 11 is 1.71. The lowest BCUT2D eigenvalue weighted by Gasteiger charge is -2.34. The average Bonchev–Trinajstić information content (AvgIpc) is 2.63. The Morgan fingerprint density at radius 3 is 2.40 bits per heavy atom. The number of rotatable bonds is 5. The number of carboxylic acid groups (broad SMARTS) is 1. The number of nitrogens with zero attached hydrogens (tertiary/aromatic N) is 1. The predicted octanol–water partition coefficient (Wildman–Crippen LogP) is 3.31. The molecular weight excluding hydrogens is 334 g/mol. The smallest absolute Gasteiger partial charge is 0.305 e. The highest BCUT2D eigenvalue weighted by molar-refractivity contribution is 7.99. The largest absolute Gasteiger partial charge is 0.481 e. The Morgan fingerprint density at radius 2 is 1.72 bits per heavy atom. The molecular formula is C20H21NO3S. The van der Waals surface area contributed by atoms with Gasteiger partial charge < -0.3 is 10.0 Å². The van der Waals surface area contributed by atoms with Crippen molar-refractivity contribution in [1.29, 1.82) is 0 Å². The van der Waals surface area contributed by atoms with Gasteiger partial charge >= 0.3 is 5.97 Å². The van der Waals surface area contributed by atoms with Crippen molar-refractivity contribution in [1.82, 2.24) is 4.90 Å². The number of carbonyl (C=O) groups excluding carboxylic acids is 1. The lowest BCUT2D eigenvalue weighted by molar-refractivity contribution is -0.140. The fraction of sp³-hybridized carbons (Fsp3) is 0.300. The molecule has 1 aliphatic heterocycles. The van der Waals surface area contributed by atoms with E-state index >= 15 is 0 Å². The molecule has 4 nitrogen and oxygen atoms in total. The van der Waals surface area contributed by atoms with Crippen LogP contribution >= 0.6 is 11.8 Å². The molecule has 5 heteroatoms. The molecule has 1 fully saturated rings. The molecule has 0 radical (unpaired) electrons. The van der Waals surface area contributed by atoms with E-state index < -0.39 is 5.97 Å². The van der Waals surface area contributed by atoms with Crippen LogP contribution in [0.15, 0.2) is 54.6 Å². The minimum absolute atomic E-state index is 0.0130. The molecule has 1 saturated heterocycles. The Labute approximate surface area is 151 Å². The minimum Gasteiger partial charge on any atom is -0.481 e. The molecule has 1 N–H and O–H groups in total. The molecule has 1 unspecified atom stereocenters. The van der Waals surface area contributed by atoms with Crippen molar-refractivity contribution in [3.8, 4) is 11.1 Å². The third kappa shape index (κ3) is 4.63. The second-order valence-electron chi connectivity index (χ2n) is 6.15. The summed E-state index contributed by atoms with van der Waals surface area (Å²) in [5.74, 6) is 0.733. The van der Waals surface area contributed by atoms with E-state index in [0.717, 1.165) is 22.4 Å². The van der Waals surface area contributed by atoms with Gasteiger partial charge in [-0.3, -0.25) is 9.59 Å². The summed E-state index contributed by atoms with van der Waals surface area (Å²) in [4.78, 5) is 25.4. The zero-order valence-electron chi connectivity index (χ0n) is 13.9. The standard InChI is InChI=1S/C20H21NO3S/c22-19(21-10-11-25-14-18(21)13-20(23)24)12-15-6-8-17(9-7-15)16-4-2-1-3-5-16/h1-9,18H,10-14H2,(H,23,24). The maximum Gasteiger partial charge on any atom is 0.305 e. The second kappa shape index (κ2) is 8.21. The van der Waals surface area contributed by atoms with Crippen molar-refractivity contribution in [3.63, 3.8) is 0 Å². The van der Waals surface area contributed by atoms with Crippen LogP contribution in [0.4, 0.5) is 0 Å². The number of carboxylic acids is 1. The van der Waals surface area contributed by atoms with Gasteiger partial charge in [0.25, 0.3) is 0 Å². The van der Waals surface area contributed by atoms with E-state index in [2.05, 4.69) is 12.1 Å². The van der Waals surface area contributed by atoms with Crippen LogP contribution in [-0.2, 0) is 16.0 Å². The van der Waals surface area contributed by atoms with Gasteiger partial charge in [0.15, 0.2) is 0 Å². The number of hydrogen-bond acceptors (Lipinski definition) is 3. The number of amides is 1. The maximum atomic E-state index is 12.6. The first-order chi connectivity index (χ1) is 12.1. The van der Waals surface area contributed by atoms with Crippen molar-refractivity contribution < 1.29 is 14.7 Å². The lowest BCUT2D eigenvalue weighted by atomic mass is 10.0. The van der Waals surface area contributed by atoms with E-state index in [1.165, 1.54) is 0 Å². The van der Waals surface area contributed by atoms with Crippen LogP contribution in [0.3, 0.4) is 0 Å². The predicted molar refractivity (Wildman–Crippen MR) is 101 cm³/mol. The van der Waals surface area contributed by atoms with Gasteiger partial charge in [-0.25, -0.2) is 0 Å². The number of aliphatic carboxylic acids is 1. The zero-order chi connectivity index (χ0) is 17.6. The van der Waals surface area contributed by atoms with Crippen LogP contribution in [0, 0.1) is 0 Å². The lowest BCUT2D eigenvalue weighted by Crippen LogP contribution is -2.47. The first kappa shape index (κ1) is 17.5. The third-order valence-corrected chi connectivity index (χ3v) is 5.47. The summed E-state index contributed by atoms with van der Waals surface area (Å²) < 4.78 is 0. The van der Waals surface area contributed by atoms with E-state index in [1.807, 2.05) is 42.5 Å². The molecule has 2 aromatic rings. The molecule has 0 aliphatic carbocycles. The number of benzene rings is 2. The number of thioether (sulfide) groups is 1. The van der Waals surface area contributed by atoms with E-state index in [1.54, 1.807) is 16.7 Å².